The fourth-order valence-corrected chi connectivity index (χ4v) is 3.65. The van der Waals surface area contributed by atoms with Crippen molar-refractivity contribution in [3.63, 3.8) is 0 Å². The number of methoxy groups -OCH3 is 1. The number of benzene rings is 2. The summed E-state index contributed by atoms with van der Waals surface area (Å²) < 4.78 is 16.5. The first kappa shape index (κ1) is 21.5. The lowest BCUT2D eigenvalue weighted by molar-refractivity contribution is -0.126. The Hall–Kier alpha value is -3.21. The molecular formula is C25H29NO4. The number of amides is 1. The van der Waals surface area contributed by atoms with Crippen LogP contribution >= 0.6 is 0 Å². The molecule has 2 aromatic rings. The van der Waals surface area contributed by atoms with Crippen molar-refractivity contribution < 1.29 is 19.0 Å². The lowest BCUT2D eigenvalue weighted by Gasteiger charge is -2.24. The summed E-state index contributed by atoms with van der Waals surface area (Å²) in [5.41, 5.74) is 2.02. The van der Waals surface area contributed by atoms with E-state index in [2.05, 4.69) is 18.7 Å². The summed E-state index contributed by atoms with van der Waals surface area (Å²) in [5.74, 6) is 2.14. The zero-order chi connectivity index (χ0) is 21.3. The molecule has 1 fully saturated rings. The quantitative estimate of drug-likeness (QED) is 0.432. The maximum Gasteiger partial charge on any atom is 0.247 e. The molecule has 0 aliphatic carbocycles. The number of hydrogen-bond donors (Lipinski definition) is 0. The van der Waals surface area contributed by atoms with Crippen LogP contribution in [0.1, 0.15) is 36.9 Å². The zero-order valence-electron chi connectivity index (χ0n) is 17.7. The summed E-state index contributed by atoms with van der Waals surface area (Å²) >= 11 is 0. The van der Waals surface area contributed by atoms with Crippen LogP contribution in [-0.2, 0) is 4.79 Å². The Morgan fingerprint density at radius 2 is 1.97 bits per heavy atom. The van der Waals surface area contributed by atoms with Gasteiger partial charge in [-0.1, -0.05) is 30.9 Å². The van der Waals surface area contributed by atoms with Crippen LogP contribution < -0.4 is 14.2 Å². The third kappa shape index (κ3) is 5.23. The third-order valence-corrected chi connectivity index (χ3v) is 5.07. The Labute approximate surface area is 178 Å². The molecular weight excluding hydrogens is 378 g/mol. The van der Waals surface area contributed by atoms with E-state index < -0.39 is 0 Å². The van der Waals surface area contributed by atoms with Crippen molar-refractivity contribution in [1.82, 2.24) is 4.90 Å². The molecule has 0 bridgehead atoms. The molecule has 1 atom stereocenters. The van der Waals surface area contributed by atoms with E-state index in [0.717, 1.165) is 36.3 Å². The molecule has 5 nitrogen and oxygen atoms in total. The SMILES string of the molecule is C=CCOc1ccc(/C=C/C(=O)N2CCCC2c2ccc(OCC)cc2)cc1OC. The minimum Gasteiger partial charge on any atom is -0.494 e. The van der Waals surface area contributed by atoms with Gasteiger partial charge in [-0.25, -0.2) is 0 Å². The van der Waals surface area contributed by atoms with Gasteiger partial charge in [0.05, 0.1) is 19.8 Å². The van der Waals surface area contributed by atoms with E-state index in [9.17, 15) is 4.79 Å². The highest BCUT2D eigenvalue weighted by Gasteiger charge is 2.28. The van der Waals surface area contributed by atoms with Crippen molar-refractivity contribution in [1.29, 1.82) is 0 Å². The second-order valence-electron chi connectivity index (χ2n) is 7.04. The van der Waals surface area contributed by atoms with Crippen molar-refractivity contribution in [2.45, 2.75) is 25.8 Å². The summed E-state index contributed by atoms with van der Waals surface area (Å²) in [6.45, 7) is 7.43. The van der Waals surface area contributed by atoms with E-state index in [4.69, 9.17) is 14.2 Å². The molecule has 2 aromatic carbocycles. The largest absolute Gasteiger partial charge is 0.494 e. The average molecular weight is 408 g/mol. The minimum absolute atomic E-state index is 0.0114. The highest BCUT2D eigenvalue weighted by molar-refractivity contribution is 5.92. The molecule has 5 heteroatoms. The second kappa shape index (κ2) is 10.5. The Morgan fingerprint density at radius 1 is 1.17 bits per heavy atom. The number of carbonyl (C=O) groups is 1. The molecule has 3 rings (SSSR count). The predicted octanol–water partition coefficient (Wildman–Crippen LogP) is 5.04. The van der Waals surface area contributed by atoms with Crippen LogP contribution in [0.2, 0.25) is 0 Å². The van der Waals surface area contributed by atoms with Gasteiger partial charge in [0.15, 0.2) is 11.5 Å². The maximum atomic E-state index is 12.9. The van der Waals surface area contributed by atoms with Gasteiger partial charge in [-0.3, -0.25) is 4.79 Å². The van der Waals surface area contributed by atoms with Crippen LogP contribution in [-0.4, -0.2) is 37.7 Å². The molecule has 0 spiro atoms. The van der Waals surface area contributed by atoms with Crippen molar-refractivity contribution in [2.24, 2.45) is 0 Å². The van der Waals surface area contributed by atoms with Gasteiger partial charge in [-0.05, 0) is 61.2 Å². The third-order valence-electron chi connectivity index (χ3n) is 5.07. The van der Waals surface area contributed by atoms with E-state index in [0.29, 0.717) is 24.7 Å². The fourth-order valence-electron chi connectivity index (χ4n) is 3.65. The molecule has 1 unspecified atom stereocenters. The molecule has 0 aromatic heterocycles. The molecule has 0 radical (unpaired) electrons. The Kier molecular flexibility index (Phi) is 7.55. The second-order valence-corrected chi connectivity index (χ2v) is 7.04. The minimum atomic E-state index is 0.0114. The molecule has 1 saturated heterocycles. The predicted molar refractivity (Wildman–Crippen MR) is 119 cm³/mol. The van der Waals surface area contributed by atoms with Crippen molar-refractivity contribution >= 4 is 12.0 Å². The highest BCUT2D eigenvalue weighted by atomic mass is 16.5. The number of likely N-dealkylation sites (tertiary alicyclic amines) is 1. The molecule has 1 aliphatic rings. The normalized spacial score (nSPS) is 15.9. The lowest BCUT2D eigenvalue weighted by atomic mass is 10.0. The first-order chi connectivity index (χ1) is 14.7. The number of hydrogen-bond acceptors (Lipinski definition) is 4. The number of nitrogens with zero attached hydrogens (tertiary/aromatic N) is 1. The molecule has 158 valence electrons. The average Bonchev–Trinajstić information content (AvgIpc) is 3.27. The van der Waals surface area contributed by atoms with E-state index >= 15 is 0 Å². The van der Waals surface area contributed by atoms with Crippen LogP contribution in [0.5, 0.6) is 17.2 Å². The monoisotopic (exact) mass is 407 g/mol. The Morgan fingerprint density at radius 3 is 2.67 bits per heavy atom. The first-order valence-electron chi connectivity index (χ1n) is 10.3. The first-order valence-corrected chi connectivity index (χ1v) is 10.3. The van der Waals surface area contributed by atoms with Gasteiger partial charge in [-0.15, -0.1) is 0 Å². The van der Waals surface area contributed by atoms with Crippen LogP contribution in [0.3, 0.4) is 0 Å². The summed E-state index contributed by atoms with van der Waals surface area (Å²) in [7, 11) is 1.60. The van der Waals surface area contributed by atoms with E-state index in [-0.39, 0.29) is 11.9 Å². The zero-order valence-corrected chi connectivity index (χ0v) is 17.7. The molecule has 30 heavy (non-hydrogen) atoms. The van der Waals surface area contributed by atoms with Crippen molar-refractivity contribution in [2.75, 3.05) is 26.9 Å². The Balaban J connectivity index is 1.69. The standard InChI is InChI=1S/C25H29NO4/c1-4-17-30-23-14-8-19(18-24(23)28-3)9-15-25(27)26-16-6-7-22(26)20-10-12-21(13-11-20)29-5-2/h4,8-15,18,22H,1,5-7,16-17H2,2-3H3/b15-9+. The summed E-state index contributed by atoms with van der Waals surface area (Å²) in [6, 6.07) is 13.7. The molecule has 1 aliphatic heterocycles. The van der Waals surface area contributed by atoms with Gasteiger partial charge < -0.3 is 19.1 Å². The van der Waals surface area contributed by atoms with Crippen LogP contribution in [0.25, 0.3) is 6.08 Å². The van der Waals surface area contributed by atoms with Gasteiger partial charge >= 0.3 is 0 Å². The lowest BCUT2D eigenvalue weighted by Crippen LogP contribution is -2.28. The van der Waals surface area contributed by atoms with E-state index in [1.807, 2.05) is 48.2 Å². The van der Waals surface area contributed by atoms with Gasteiger partial charge in [-0.2, -0.15) is 0 Å². The van der Waals surface area contributed by atoms with Gasteiger partial charge in [0.1, 0.15) is 12.4 Å². The number of rotatable bonds is 9. The molecule has 0 N–H and O–H groups in total. The summed E-state index contributed by atoms with van der Waals surface area (Å²) in [4.78, 5) is 14.8. The highest BCUT2D eigenvalue weighted by Crippen LogP contribution is 2.33. The van der Waals surface area contributed by atoms with E-state index in [1.165, 1.54) is 0 Å². The Bertz CT molecular complexity index is 889. The molecule has 1 heterocycles. The maximum absolute atomic E-state index is 12.9. The smallest absolute Gasteiger partial charge is 0.247 e. The topological polar surface area (TPSA) is 48.0 Å². The summed E-state index contributed by atoms with van der Waals surface area (Å²) in [5, 5.41) is 0. The number of carbonyl (C=O) groups excluding carboxylic acids is 1. The molecule has 0 saturated carbocycles. The van der Waals surface area contributed by atoms with Gasteiger partial charge in [0.2, 0.25) is 5.91 Å². The van der Waals surface area contributed by atoms with Gasteiger partial charge in [0, 0.05) is 12.6 Å². The molecule has 1 amide bonds. The van der Waals surface area contributed by atoms with Gasteiger partial charge in [0.25, 0.3) is 0 Å². The fraction of sp³-hybridized carbons (Fsp3) is 0.320. The van der Waals surface area contributed by atoms with Crippen LogP contribution in [0.15, 0.2) is 61.2 Å². The summed E-state index contributed by atoms with van der Waals surface area (Å²) in [6.07, 6.45) is 7.10. The van der Waals surface area contributed by atoms with Crippen LogP contribution in [0.4, 0.5) is 0 Å². The number of ether oxygens (including phenoxy) is 3. The van der Waals surface area contributed by atoms with Crippen molar-refractivity contribution in [3.8, 4) is 17.2 Å². The van der Waals surface area contributed by atoms with Crippen LogP contribution in [0, 0.1) is 0 Å². The van der Waals surface area contributed by atoms with Crippen molar-refractivity contribution in [3.05, 3.63) is 72.3 Å². The van der Waals surface area contributed by atoms with E-state index in [1.54, 1.807) is 19.3 Å².